The zero-order chi connectivity index (χ0) is 36.5. The fourth-order valence-corrected chi connectivity index (χ4v) is 7.76. The molecule has 0 unspecified atom stereocenters. The molecule has 0 aliphatic rings. The molecule has 0 bridgehead atoms. The summed E-state index contributed by atoms with van der Waals surface area (Å²) >= 11 is 0. The molecule has 2 rings (SSSR count). The summed E-state index contributed by atoms with van der Waals surface area (Å²) in [7, 11) is 0. The van der Waals surface area contributed by atoms with Crippen molar-refractivity contribution >= 4 is 37.7 Å². The molecule has 0 radical (unpaired) electrons. The molecule has 52 heavy (non-hydrogen) atoms. The first-order valence-electron chi connectivity index (χ1n) is 22.7. The van der Waals surface area contributed by atoms with Crippen molar-refractivity contribution in [2.24, 2.45) is 0 Å². The fourth-order valence-electron chi connectivity index (χ4n) is 7.76. The van der Waals surface area contributed by atoms with Crippen molar-refractivity contribution in [3.63, 3.8) is 0 Å². The number of rotatable bonds is 36. The standard InChI is InChI=1S/C49H84O2.Ca/c1-3-5-7-9-11-13-15-17-19-21-23-25-27-29-31-33-35-44-37-39-46(48(50)41-44)43-47-40-38-45(42-49(47)51)36-34-32-30-28-26-24-22-20-18-16-14-12-10-8-6-4-2;/h37-42,50-51H,3-36,43H2,1-2H3;/q;+2/p-2. The molecule has 0 aliphatic heterocycles. The van der Waals surface area contributed by atoms with Crippen LogP contribution >= 0.6 is 0 Å². The molecule has 292 valence electrons. The Morgan fingerprint density at radius 2 is 0.558 bits per heavy atom. The van der Waals surface area contributed by atoms with Gasteiger partial charge in [-0.2, -0.15) is 0 Å². The van der Waals surface area contributed by atoms with Crippen LogP contribution in [0.2, 0.25) is 0 Å². The Morgan fingerprint density at radius 1 is 0.327 bits per heavy atom. The Morgan fingerprint density at radius 3 is 0.788 bits per heavy atom. The molecule has 0 saturated carbocycles. The van der Waals surface area contributed by atoms with E-state index in [0.717, 1.165) is 47.9 Å². The molecule has 0 aliphatic carbocycles. The third-order valence-electron chi connectivity index (χ3n) is 11.3. The second-order valence-corrected chi connectivity index (χ2v) is 16.2. The Labute approximate surface area is 354 Å². The molecule has 0 spiro atoms. The summed E-state index contributed by atoms with van der Waals surface area (Å²) in [6, 6.07) is 11.8. The quantitative estimate of drug-likeness (QED) is 0.0515. The Bertz CT molecular complexity index is 982. The average molecular weight is 743 g/mol. The van der Waals surface area contributed by atoms with Crippen molar-refractivity contribution in [2.45, 2.75) is 239 Å². The summed E-state index contributed by atoms with van der Waals surface area (Å²) in [5, 5.41) is 25.7. The van der Waals surface area contributed by atoms with E-state index < -0.39 is 0 Å². The number of unbranched alkanes of at least 4 members (excludes halogenated alkanes) is 30. The third-order valence-corrected chi connectivity index (χ3v) is 11.3. The van der Waals surface area contributed by atoms with Crippen molar-refractivity contribution in [1.82, 2.24) is 0 Å². The first-order chi connectivity index (χ1) is 25.1. The van der Waals surface area contributed by atoms with Gasteiger partial charge in [-0.25, -0.2) is 0 Å². The maximum Gasteiger partial charge on any atom is 2.00 e. The van der Waals surface area contributed by atoms with Gasteiger partial charge < -0.3 is 10.2 Å². The Kier molecular flexibility index (Phi) is 34.1. The Balaban J connectivity index is 0.0000135. The molecule has 0 heterocycles. The van der Waals surface area contributed by atoms with Gasteiger partial charge in [-0.1, -0.05) is 254 Å². The van der Waals surface area contributed by atoms with Gasteiger partial charge in [0.15, 0.2) is 0 Å². The van der Waals surface area contributed by atoms with Crippen LogP contribution in [0.1, 0.15) is 242 Å². The van der Waals surface area contributed by atoms with Gasteiger partial charge in [0.25, 0.3) is 0 Å². The summed E-state index contributed by atoms with van der Waals surface area (Å²) in [5.41, 5.74) is 3.78. The zero-order valence-corrected chi connectivity index (χ0v) is 36.9. The van der Waals surface area contributed by atoms with Gasteiger partial charge in [0.2, 0.25) is 0 Å². The van der Waals surface area contributed by atoms with E-state index >= 15 is 0 Å². The zero-order valence-electron chi connectivity index (χ0n) is 34.7. The summed E-state index contributed by atoms with van der Waals surface area (Å²) in [6.07, 6.45) is 46.5. The predicted octanol–water partition coefficient (Wildman–Crippen LogP) is 14.7. The van der Waals surface area contributed by atoms with Gasteiger partial charge in [-0.05, 0) is 43.2 Å². The molecule has 2 aromatic carbocycles. The number of aryl methyl sites for hydroxylation is 2. The molecule has 0 N–H and O–H groups in total. The second-order valence-electron chi connectivity index (χ2n) is 16.2. The Hall–Kier alpha value is -0.700. The largest absolute Gasteiger partial charge is 2.00 e. The van der Waals surface area contributed by atoms with Crippen LogP contribution in [0.15, 0.2) is 36.4 Å². The van der Waals surface area contributed by atoms with Crippen LogP contribution < -0.4 is 10.2 Å². The minimum absolute atomic E-state index is 0. The van der Waals surface area contributed by atoms with Crippen LogP contribution in [-0.4, -0.2) is 37.7 Å². The summed E-state index contributed by atoms with van der Waals surface area (Å²) in [4.78, 5) is 0. The molecule has 0 fully saturated rings. The van der Waals surface area contributed by atoms with E-state index in [1.54, 1.807) is 0 Å². The molecule has 2 aromatic rings. The van der Waals surface area contributed by atoms with Gasteiger partial charge >= 0.3 is 37.7 Å². The predicted molar refractivity (Wildman–Crippen MR) is 227 cm³/mol. The van der Waals surface area contributed by atoms with Crippen LogP contribution in [0.3, 0.4) is 0 Å². The molecular weight excluding hydrogens is 661 g/mol. The molecule has 0 atom stereocenters. The van der Waals surface area contributed by atoms with Crippen molar-refractivity contribution in [3.05, 3.63) is 58.7 Å². The van der Waals surface area contributed by atoms with Gasteiger partial charge in [-0.15, -0.1) is 11.5 Å². The molecule has 0 amide bonds. The van der Waals surface area contributed by atoms with E-state index in [2.05, 4.69) is 26.0 Å². The molecule has 2 nitrogen and oxygen atoms in total. The molecular formula is C49H82CaO2. The van der Waals surface area contributed by atoms with Crippen molar-refractivity contribution in [2.75, 3.05) is 0 Å². The van der Waals surface area contributed by atoms with Crippen molar-refractivity contribution in [3.8, 4) is 11.5 Å². The summed E-state index contributed by atoms with van der Waals surface area (Å²) < 4.78 is 0. The maximum atomic E-state index is 12.9. The number of benzene rings is 2. The first kappa shape index (κ1) is 49.3. The molecule has 0 aromatic heterocycles. The van der Waals surface area contributed by atoms with Crippen molar-refractivity contribution < 1.29 is 10.2 Å². The summed E-state index contributed by atoms with van der Waals surface area (Å²) in [5.74, 6) is 0.168. The van der Waals surface area contributed by atoms with Gasteiger partial charge in [-0.3, -0.25) is 0 Å². The fraction of sp³-hybridized carbons (Fsp3) is 0.755. The molecule has 3 heteroatoms. The van der Waals surface area contributed by atoms with E-state index in [1.165, 1.54) is 193 Å². The van der Waals surface area contributed by atoms with E-state index in [4.69, 9.17) is 0 Å². The first-order valence-corrected chi connectivity index (χ1v) is 22.7. The van der Waals surface area contributed by atoms with Gasteiger partial charge in [0.1, 0.15) is 0 Å². The van der Waals surface area contributed by atoms with Gasteiger partial charge in [0, 0.05) is 0 Å². The van der Waals surface area contributed by atoms with Gasteiger partial charge in [0.05, 0.1) is 0 Å². The average Bonchev–Trinajstić information content (AvgIpc) is 3.13. The molecule has 0 saturated heterocycles. The van der Waals surface area contributed by atoms with Crippen LogP contribution in [0.25, 0.3) is 0 Å². The summed E-state index contributed by atoms with van der Waals surface area (Å²) in [6.45, 7) is 4.58. The van der Waals surface area contributed by atoms with E-state index in [1.807, 2.05) is 24.3 Å². The van der Waals surface area contributed by atoms with Crippen LogP contribution in [0.4, 0.5) is 0 Å². The minimum atomic E-state index is 0. The normalized spacial score (nSPS) is 11.3. The van der Waals surface area contributed by atoms with Crippen LogP contribution in [-0.2, 0) is 19.3 Å². The smallest absolute Gasteiger partial charge is 0.872 e. The number of hydrogen-bond acceptors (Lipinski definition) is 2. The van der Waals surface area contributed by atoms with E-state index in [9.17, 15) is 10.2 Å². The second kappa shape index (κ2) is 36.0. The van der Waals surface area contributed by atoms with Crippen molar-refractivity contribution in [1.29, 1.82) is 0 Å². The SMILES string of the molecule is CCCCCCCCCCCCCCCCCCc1ccc(Cc2ccc(CCCCCCCCCCCCCCCCCC)cc2[O-])c([O-])c1.[Ca+2]. The maximum absolute atomic E-state index is 12.9. The third kappa shape index (κ3) is 27.0. The van der Waals surface area contributed by atoms with Crippen LogP contribution in [0, 0.1) is 0 Å². The monoisotopic (exact) mass is 743 g/mol. The van der Waals surface area contributed by atoms with Crippen LogP contribution in [0.5, 0.6) is 11.5 Å². The van der Waals surface area contributed by atoms with E-state index in [-0.39, 0.29) is 49.2 Å². The number of hydrogen-bond donors (Lipinski definition) is 0. The van der Waals surface area contributed by atoms with E-state index in [0.29, 0.717) is 6.42 Å². The minimum Gasteiger partial charge on any atom is -0.872 e. The topological polar surface area (TPSA) is 46.1 Å².